The van der Waals surface area contributed by atoms with Crippen LogP contribution in [0.5, 0.6) is 11.5 Å². The van der Waals surface area contributed by atoms with Gasteiger partial charge in [0.1, 0.15) is 11.5 Å². The molecule has 3 aromatic carbocycles. The van der Waals surface area contributed by atoms with Crippen molar-refractivity contribution in [3.05, 3.63) is 88.5 Å². The Balaban J connectivity index is 1.96. The Kier molecular flexibility index (Phi) is 7.85. The van der Waals surface area contributed by atoms with Crippen molar-refractivity contribution in [1.82, 2.24) is 0 Å². The number of aromatic carboxylic acids is 1. The van der Waals surface area contributed by atoms with Crippen molar-refractivity contribution >= 4 is 17.6 Å². The Hall–Kier alpha value is -4.02. The first-order valence-electron chi connectivity index (χ1n) is 10.9. The molecule has 0 atom stereocenters. The van der Waals surface area contributed by atoms with E-state index in [1.54, 1.807) is 18.2 Å². The third-order valence-electron chi connectivity index (χ3n) is 5.10. The quantitative estimate of drug-likeness (QED) is 0.311. The molecule has 0 spiro atoms. The number of halogens is 6. The standard InChI is InChI=1S/C26H21F6NO4/c1-14(2)8-15-4-3-5-19(9-15)37-20-6-7-21(24(35)36)22(13-20)33-23(34)16-10-17(25(27,28)29)12-18(11-16)26(30,31)32/h3-7,9-14H,8H2,1-2H3,(H,33,34)(H,35,36). The molecule has 3 aromatic rings. The van der Waals surface area contributed by atoms with Gasteiger partial charge in [-0.05, 0) is 60.4 Å². The molecule has 1 amide bonds. The molecule has 0 aromatic heterocycles. The Morgan fingerprint density at radius 2 is 1.46 bits per heavy atom. The van der Waals surface area contributed by atoms with Crippen LogP contribution in [0, 0.1) is 5.92 Å². The highest BCUT2D eigenvalue weighted by Gasteiger charge is 2.37. The third kappa shape index (κ3) is 7.25. The third-order valence-corrected chi connectivity index (χ3v) is 5.10. The van der Waals surface area contributed by atoms with E-state index in [9.17, 15) is 41.0 Å². The number of rotatable bonds is 7. The summed E-state index contributed by atoms with van der Waals surface area (Å²) >= 11 is 0. The molecule has 2 N–H and O–H groups in total. The summed E-state index contributed by atoms with van der Waals surface area (Å²) in [6.45, 7) is 4.07. The Morgan fingerprint density at radius 1 is 0.865 bits per heavy atom. The van der Waals surface area contributed by atoms with E-state index in [-0.39, 0.29) is 29.6 Å². The Morgan fingerprint density at radius 3 is 2.00 bits per heavy atom. The lowest BCUT2D eigenvalue weighted by molar-refractivity contribution is -0.143. The number of ether oxygens (including phenoxy) is 1. The van der Waals surface area contributed by atoms with E-state index >= 15 is 0 Å². The fourth-order valence-corrected chi connectivity index (χ4v) is 3.50. The van der Waals surface area contributed by atoms with Gasteiger partial charge >= 0.3 is 18.3 Å². The zero-order valence-electron chi connectivity index (χ0n) is 19.5. The predicted octanol–water partition coefficient (Wildman–Crippen LogP) is 7.67. The number of benzene rings is 3. The van der Waals surface area contributed by atoms with Crippen LogP contribution >= 0.6 is 0 Å². The summed E-state index contributed by atoms with van der Waals surface area (Å²) in [5, 5.41) is 11.6. The molecule has 0 aliphatic rings. The summed E-state index contributed by atoms with van der Waals surface area (Å²) < 4.78 is 84.7. The first-order chi connectivity index (χ1) is 17.1. The van der Waals surface area contributed by atoms with Crippen molar-refractivity contribution in [3.8, 4) is 11.5 Å². The van der Waals surface area contributed by atoms with Gasteiger partial charge in [0.2, 0.25) is 0 Å². The number of carbonyl (C=O) groups excluding carboxylic acids is 1. The van der Waals surface area contributed by atoms with E-state index in [1.807, 2.05) is 19.9 Å². The number of carboxylic acid groups (broad SMARTS) is 1. The minimum Gasteiger partial charge on any atom is -0.478 e. The second-order valence-corrected chi connectivity index (χ2v) is 8.61. The average Bonchev–Trinajstić information content (AvgIpc) is 2.77. The number of anilines is 1. The molecule has 11 heteroatoms. The van der Waals surface area contributed by atoms with E-state index in [1.165, 1.54) is 6.07 Å². The van der Waals surface area contributed by atoms with E-state index in [0.29, 0.717) is 11.7 Å². The molecule has 0 aliphatic heterocycles. The van der Waals surface area contributed by atoms with Crippen LogP contribution in [-0.4, -0.2) is 17.0 Å². The van der Waals surface area contributed by atoms with E-state index in [0.717, 1.165) is 24.1 Å². The number of carbonyl (C=O) groups is 2. The maximum Gasteiger partial charge on any atom is 0.416 e. The number of alkyl halides is 6. The van der Waals surface area contributed by atoms with E-state index in [2.05, 4.69) is 5.32 Å². The van der Waals surface area contributed by atoms with E-state index < -0.39 is 46.5 Å². The molecule has 196 valence electrons. The van der Waals surface area contributed by atoms with Gasteiger partial charge in [0, 0.05) is 11.6 Å². The summed E-state index contributed by atoms with van der Waals surface area (Å²) in [6, 6.07) is 11.0. The van der Waals surface area contributed by atoms with Gasteiger partial charge in [0.25, 0.3) is 5.91 Å². The van der Waals surface area contributed by atoms with Crippen molar-refractivity contribution in [2.24, 2.45) is 5.92 Å². The first-order valence-corrected chi connectivity index (χ1v) is 10.9. The molecule has 0 heterocycles. The fraction of sp³-hybridized carbons (Fsp3) is 0.231. The molecule has 0 fully saturated rings. The maximum absolute atomic E-state index is 13.2. The van der Waals surface area contributed by atoms with Crippen molar-refractivity contribution in [2.45, 2.75) is 32.6 Å². The Labute approximate surface area is 207 Å². The lowest BCUT2D eigenvalue weighted by Crippen LogP contribution is -2.18. The molecule has 0 saturated carbocycles. The van der Waals surface area contributed by atoms with Crippen LogP contribution in [0.1, 0.15) is 51.3 Å². The number of carboxylic acids is 1. The van der Waals surface area contributed by atoms with Crippen LogP contribution in [0.3, 0.4) is 0 Å². The molecular formula is C26H21F6NO4. The van der Waals surface area contributed by atoms with Crippen LogP contribution in [0.4, 0.5) is 32.0 Å². The van der Waals surface area contributed by atoms with Crippen molar-refractivity contribution in [1.29, 1.82) is 0 Å². The van der Waals surface area contributed by atoms with Gasteiger partial charge in [0.05, 0.1) is 22.4 Å². The molecule has 3 rings (SSSR count). The van der Waals surface area contributed by atoms with Gasteiger partial charge in [-0.25, -0.2) is 4.79 Å². The van der Waals surface area contributed by atoms with Gasteiger partial charge in [-0.2, -0.15) is 26.3 Å². The highest BCUT2D eigenvalue weighted by atomic mass is 19.4. The lowest BCUT2D eigenvalue weighted by Gasteiger charge is -2.15. The normalized spacial score (nSPS) is 11.9. The molecule has 0 aliphatic carbocycles. The fourth-order valence-electron chi connectivity index (χ4n) is 3.50. The molecule has 37 heavy (non-hydrogen) atoms. The first kappa shape index (κ1) is 27.6. The van der Waals surface area contributed by atoms with Gasteiger partial charge in [-0.15, -0.1) is 0 Å². The van der Waals surface area contributed by atoms with Gasteiger partial charge in [0.15, 0.2) is 0 Å². The number of hydrogen-bond donors (Lipinski definition) is 2. The predicted molar refractivity (Wildman–Crippen MR) is 123 cm³/mol. The second-order valence-electron chi connectivity index (χ2n) is 8.61. The summed E-state index contributed by atoms with van der Waals surface area (Å²) in [6.07, 6.45) is -9.53. The molecule has 0 radical (unpaired) electrons. The molecule has 0 bridgehead atoms. The summed E-state index contributed by atoms with van der Waals surface area (Å²) in [5.41, 5.74) is -4.15. The molecule has 0 unspecified atom stereocenters. The van der Waals surface area contributed by atoms with Crippen LogP contribution < -0.4 is 10.1 Å². The molecular weight excluding hydrogens is 504 g/mol. The maximum atomic E-state index is 13.2. The summed E-state index contributed by atoms with van der Waals surface area (Å²) in [4.78, 5) is 24.3. The zero-order valence-corrected chi connectivity index (χ0v) is 19.5. The minimum atomic E-state index is -5.15. The van der Waals surface area contributed by atoms with Crippen molar-refractivity contribution in [2.75, 3.05) is 5.32 Å². The van der Waals surface area contributed by atoms with E-state index in [4.69, 9.17) is 4.74 Å². The SMILES string of the molecule is CC(C)Cc1cccc(Oc2ccc(C(=O)O)c(NC(=O)c3cc(C(F)(F)F)cc(C(F)(F)F)c3)c2)c1. The molecule has 0 saturated heterocycles. The van der Waals surface area contributed by atoms with Crippen LogP contribution in [0.2, 0.25) is 0 Å². The highest BCUT2D eigenvalue weighted by Crippen LogP contribution is 2.37. The summed E-state index contributed by atoms with van der Waals surface area (Å²) in [5.74, 6) is -1.98. The van der Waals surface area contributed by atoms with Gasteiger partial charge in [-0.3, -0.25) is 4.79 Å². The zero-order chi connectivity index (χ0) is 27.5. The van der Waals surface area contributed by atoms with Crippen LogP contribution in [-0.2, 0) is 18.8 Å². The molecule has 5 nitrogen and oxygen atoms in total. The van der Waals surface area contributed by atoms with Crippen LogP contribution in [0.15, 0.2) is 60.7 Å². The van der Waals surface area contributed by atoms with Crippen molar-refractivity contribution < 1.29 is 45.8 Å². The van der Waals surface area contributed by atoms with Gasteiger partial charge in [-0.1, -0.05) is 26.0 Å². The van der Waals surface area contributed by atoms with Crippen molar-refractivity contribution in [3.63, 3.8) is 0 Å². The number of hydrogen-bond acceptors (Lipinski definition) is 3. The number of amides is 1. The smallest absolute Gasteiger partial charge is 0.416 e. The monoisotopic (exact) mass is 525 g/mol. The minimum absolute atomic E-state index is 0.0852. The largest absolute Gasteiger partial charge is 0.478 e. The second kappa shape index (κ2) is 10.5. The average molecular weight is 525 g/mol. The highest BCUT2D eigenvalue weighted by molar-refractivity contribution is 6.08. The summed E-state index contributed by atoms with van der Waals surface area (Å²) in [7, 11) is 0. The topological polar surface area (TPSA) is 75.6 Å². The van der Waals surface area contributed by atoms with Gasteiger partial charge < -0.3 is 15.2 Å². The Bertz CT molecular complexity index is 1280. The van der Waals surface area contributed by atoms with Crippen LogP contribution in [0.25, 0.3) is 0 Å². The number of nitrogens with one attached hydrogen (secondary N) is 1. The lowest BCUT2D eigenvalue weighted by atomic mass is 10.0.